The zero-order chi connectivity index (χ0) is 13.4. The van der Waals surface area contributed by atoms with E-state index < -0.39 is 0 Å². The highest BCUT2D eigenvalue weighted by Crippen LogP contribution is 2.32. The van der Waals surface area contributed by atoms with Crippen molar-refractivity contribution in [1.29, 1.82) is 0 Å². The van der Waals surface area contributed by atoms with Crippen molar-refractivity contribution in [2.45, 2.75) is 5.16 Å². The molecule has 1 aromatic heterocycles. The zero-order valence-electron chi connectivity index (χ0n) is 9.48. The van der Waals surface area contributed by atoms with E-state index in [2.05, 4.69) is 31.2 Å². The molecule has 1 aromatic carbocycles. The summed E-state index contributed by atoms with van der Waals surface area (Å²) in [5.74, 6) is 1.44. The van der Waals surface area contributed by atoms with Gasteiger partial charge in [0.25, 0.3) is 0 Å². The van der Waals surface area contributed by atoms with Gasteiger partial charge < -0.3 is 0 Å². The van der Waals surface area contributed by atoms with Gasteiger partial charge in [-0.2, -0.15) is 9.78 Å². The standard InChI is InChI=1S/C11H7BrCl2N4S/c12-4-7-5-19-11-16-15-10(18(11)17-7)8-2-1-6(13)3-9(8)14/h1-3H,4-5H2. The van der Waals surface area contributed by atoms with Crippen LogP contribution in [-0.2, 0) is 0 Å². The molecule has 0 fully saturated rings. The Morgan fingerprint density at radius 1 is 1.32 bits per heavy atom. The molecular formula is C11H7BrCl2N4S. The highest BCUT2D eigenvalue weighted by molar-refractivity contribution is 9.09. The summed E-state index contributed by atoms with van der Waals surface area (Å²) in [7, 11) is 0. The fourth-order valence-electron chi connectivity index (χ4n) is 1.67. The van der Waals surface area contributed by atoms with Gasteiger partial charge in [0, 0.05) is 21.7 Å². The van der Waals surface area contributed by atoms with Crippen LogP contribution >= 0.6 is 50.9 Å². The summed E-state index contributed by atoms with van der Waals surface area (Å²) >= 11 is 17.1. The first-order chi connectivity index (χ1) is 9.19. The van der Waals surface area contributed by atoms with E-state index in [1.807, 2.05) is 6.07 Å². The van der Waals surface area contributed by atoms with Gasteiger partial charge in [-0.3, -0.25) is 0 Å². The zero-order valence-corrected chi connectivity index (χ0v) is 13.4. The van der Waals surface area contributed by atoms with Crippen molar-refractivity contribution in [3.63, 3.8) is 0 Å². The molecule has 98 valence electrons. The number of rotatable bonds is 2. The van der Waals surface area contributed by atoms with Gasteiger partial charge >= 0.3 is 0 Å². The van der Waals surface area contributed by atoms with Gasteiger partial charge in [-0.25, -0.2) is 0 Å². The van der Waals surface area contributed by atoms with Crippen molar-refractivity contribution in [2.24, 2.45) is 5.10 Å². The molecule has 0 amide bonds. The van der Waals surface area contributed by atoms with Crippen LogP contribution in [0.4, 0.5) is 0 Å². The Bertz CT molecular complexity index is 671. The Morgan fingerprint density at radius 2 is 2.16 bits per heavy atom. The van der Waals surface area contributed by atoms with Crippen LogP contribution in [0, 0.1) is 0 Å². The van der Waals surface area contributed by atoms with Crippen molar-refractivity contribution in [3.05, 3.63) is 28.2 Å². The number of halogens is 3. The third-order valence-corrected chi connectivity index (χ3v) is 4.73. The average molecular weight is 378 g/mol. The largest absolute Gasteiger partial charge is 0.212 e. The number of hydrogen-bond acceptors (Lipinski definition) is 4. The molecule has 0 atom stereocenters. The highest BCUT2D eigenvalue weighted by atomic mass is 79.9. The SMILES string of the molecule is Clc1ccc(-c2nnc3n2N=C(CBr)CS3)c(Cl)c1. The second-order valence-corrected chi connectivity index (χ2v) is 6.18. The highest BCUT2D eigenvalue weighted by Gasteiger charge is 2.20. The lowest BCUT2D eigenvalue weighted by Gasteiger charge is -2.12. The third kappa shape index (κ3) is 2.54. The molecule has 4 nitrogen and oxygen atoms in total. The first kappa shape index (κ1) is 13.4. The van der Waals surface area contributed by atoms with E-state index in [9.17, 15) is 0 Å². The Balaban J connectivity index is 2.13. The Morgan fingerprint density at radius 3 is 2.89 bits per heavy atom. The molecule has 1 aliphatic rings. The second kappa shape index (κ2) is 5.44. The molecule has 0 bridgehead atoms. The summed E-state index contributed by atoms with van der Waals surface area (Å²) in [5, 5.41) is 15.4. The first-order valence-corrected chi connectivity index (χ1v) is 8.21. The quantitative estimate of drug-likeness (QED) is 0.744. The van der Waals surface area contributed by atoms with Crippen LogP contribution in [-0.4, -0.2) is 31.7 Å². The average Bonchev–Trinajstić information content (AvgIpc) is 2.81. The molecule has 2 aromatic rings. The summed E-state index contributed by atoms with van der Waals surface area (Å²) in [4.78, 5) is 0. The number of benzene rings is 1. The van der Waals surface area contributed by atoms with Gasteiger partial charge in [0.15, 0.2) is 5.82 Å². The molecule has 0 N–H and O–H groups in total. The molecule has 3 rings (SSSR count). The van der Waals surface area contributed by atoms with E-state index >= 15 is 0 Å². The van der Waals surface area contributed by atoms with Gasteiger partial charge in [-0.05, 0) is 18.2 Å². The fraction of sp³-hybridized carbons (Fsp3) is 0.182. The van der Waals surface area contributed by atoms with Gasteiger partial charge in [0.2, 0.25) is 5.16 Å². The lowest BCUT2D eigenvalue weighted by Crippen LogP contribution is -2.13. The maximum Gasteiger partial charge on any atom is 0.212 e. The lowest BCUT2D eigenvalue weighted by atomic mass is 10.2. The van der Waals surface area contributed by atoms with E-state index in [-0.39, 0.29) is 0 Å². The Kier molecular flexibility index (Phi) is 3.84. The van der Waals surface area contributed by atoms with Crippen LogP contribution in [0.3, 0.4) is 0 Å². The van der Waals surface area contributed by atoms with Crippen LogP contribution in [0.2, 0.25) is 10.0 Å². The Hall–Kier alpha value is -0.560. The van der Waals surface area contributed by atoms with Crippen molar-refractivity contribution >= 4 is 56.6 Å². The lowest BCUT2D eigenvalue weighted by molar-refractivity contribution is 0.761. The summed E-state index contributed by atoms with van der Waals surface area (Å²) < 4.78 is 1.72. The van der Waals surface area contributed by atoms with Crippen LogP contribution in [0.5, 0.6) is 0 Å². The number of alkyl halides is 1. The molecule has 0 aliphatic carbocycles. The number of aromatic nitrogens is 3. The van der Waals surface area contributed by atoms with Crippen LogP contribution < -0.4 is 0 Å². The third-order valence-electron chi connectivity index (χ3n) is 2.55. The maximum absolute atomic E-state index is 6.20. The van der Waals surface area contributed by atoms with Gasteiger partial charge in [-0.15, -0.1) is 10.2 Å². The molecule has 0 radical (unpaired) electrons. The van der Waals surface area contributed by atoms with Crippen LogP contribution in [0.25, 0.3) is 11.4 Å². The molecule has 1 aliphatic heterocycles. The minimum atomic E-state index is 0.536. The first-order valence-electron chi connectivity index (χ1n) is 5.35. The van der Waals surface area contributed by atoms with E-state index in [4.69, 9.17) is 23.2 Å². The summed E-state index contributed by atoms with van der Waals surface area (Å²) in [6, 6.07) is 5.28. The van der Waals surface area contributed by atoms with Crippen molar-refractivity contribution < 1.29 is 0 Å². The second-order valence-electron chi connectivity index (χ2n) is 3.83. The normalized spacial score (nSPS) is 14.2. The molecule has 8 heteroatoms. The summed E-state index contributed by atoms with van der Waals surface area (Å²) in [5.41, 5.74) is 1.80. The van der Waals surface area contributed by atoms with E-state index in [0.29, 0.717) is 15.9 Å². The molecule has 0 spiro atoms. The van der Waals surface area contributed by atoms with Crippen molar-refractivity contribution in [2.75, 3.05) is 11.1 Å². The fourth-order valence-corrected chi connectivity index (χ4v) is 3.54. The monoisotopic (exact) mass is 376 g/mol. The molecular weight excluding hydrogens is 371 g/mol. The molecule has 19 heavy (non-hydrogen) atoms. The van der Waals surface area contributed by atoms with Gasteiger partial charge in [0.1, 0.15) is 0 Å². The van der Waals surface area contributed by atoms with E-state index in [0.717, 1.165) is 27.5 Å². The van der Waals surface area contributed by atoms with Gasteiger partial charge in [0.05, 0.1) is 10.7 Å². The predicted molar refractivity (Wildman–Crippen MR) is 82.8 cm³/mol. The summed E-state index contributed by atoms with van der Waals surface area (Å²) in [6.45, 7) is 0. The summed E-state index contributed by atoms with van der Waals surface area (Å²) in [6.07, 6.45) is 0. The number of fused-ring (bicyclic) bond motifs is 1. The number of thioether (sulfide) groups is 1. The number of hydrogen-bond donors (Lipinski definition) is 0. The van der Waals surface area contributed by atoms with E-state index in [1.54, 1.807) is 28.6 Å². The van der Waals surface area contributed by atoms with Gasteiger partial charge in [-0.1, -0.05) is 50.9 Å². The molecule has 2 heterocycles. The Labute approximate surface area is 132 Å². The van der Waals surface area contributed by atoms with E-state index in [1.165, 1.54) is 0 Å². The molecule has 0 saturated carbocycles. The minimum Gasteiger partial charge on any atom is -0.187 e. The topological polar surface area (TPSA) is 43.1 Å². The predicted octanol–water partition coefficient (Wildman–Crippen LogP) is 3.96. The smallest absolute Gasteiger partial charge is 0.187 e. The molecule has 0 saturated heterocycles. The maximum atomic E-state index is 6.20. The van der Waals surface area contributed by atoms with Crippen molar-refractivity contribution in [1.82, 2.24) is 14.9 Å². The minimum absolute atomic E-state index is 0.536. The number of nitrogens with zero attached hydrogens (tertiary/aromatic N) is 4. The molecule has 0 unspecified atom stereocenters. The van der Waals surface area contributed by atoms with Crippen LogP contribution in [0.15, 0.2) is 28.5 Å². The van der Waals surface area contributed by atoms with Crippen LogP contribution in [0.1, 0.15) is 0 Å². The van der Waals surface area contributed by atoms with Crippen molar-refractivity contribution in [3.8, 4) is 11.4 Å².